The number of hydrogen-bond acceptors (Lipinski definition) is 6. The average molecular weight is 342 g/mol. The van der Waals surface area contributed by atoms with Gasteiger partial charge < -0.3 is 0 Å². The lowest BCUT2D eigenvalue weighted by atomic mass is 10.1. The van der Waals surface area contributed by atoms with Crippen molar-refractivity contribution >= 4 is 34.0 Å². The number of carbonyl (C=O) groups excluding carboxylic acids is 1. The van der Waals surface area contributed by atoms with E-state index >= 15 is 0 Å². The second-order valence-corrected chi connectivity index (χ2v) is 6.23. The van der Waals surface area contributed by atoms with Crippen molar-refractivity contribution in [2.24, 2.45) is 0 Å². The zero-order valence-corrected chi connectivity index (χ0v) is 13.8. The maximum Gasteiger partial charge on any atom is 0.267 e. The monoisotopic (exact) mass is 341 g/mol. The molecule has 0 radical (unpaired) electrons. The number of nitrogens with one attached hydrogen (secondary N) is 1. The van der Waals surface area contributed by atoms with Gasteiger partial charge in [0.25, 0.3) is 5.56 Å². The molecule has 0 fully saturated rings. The molecule has 118 valence electrons. The summed E-state index contributed by atoms with van der Waals surface area (Å²) >= 11 is 7.04. The number of nitrogens with zero attached hydrogens (tertiary/aromatic N) is 4. The Labute approximate surface area is 136 Å². The van der Waals surface area contributed by atoms with Crippen LogP contribution in [0.1, 0.15) is 37.6 Å². The standard InChI is InChI=1S/C13H16ClN5O2S/c1-3-4-8(2)12-16-17-13(22-12)15-10(20)7-19-11(21)6-5-9(14)18-19/h5-6,8H,3-4,7H2,1-2H3,(H,15,17,20)/t8-/m0/s1. The molecule has 0 aliphatic rings. The van der Waals surface area contributed by atoms with E-state index in [1.165, 1.54) is 23.5 Å². The zero-order valence-electron chi connectivity index (χ0n) is 12.2. The molecular weight excluding hydrogens is 326 g/mol. The third kappa shape index (κ3) is 4.35. The maximum absolute atomic E-state index is 11.9. The number of aromatic nitrogens is 4. The van der Waals surface area contributed by atoms with Gasteiger partial charge in [0.15, 0.2) is 0 Å². The average Bonchev–Trinajstić information content (AvgIpc) is 2.91. The van der Waals surface area contributed by atoms with Crippen LogP contribution in [0.15, 0.2) is 16.9 Å². The van der Waals surface area contributed by atoms with Crippen molar-refractivity contribution in [2.45, 2.75) is 39.2 Å². The third-order valence-corrected chi connectivity index (χ3v) is 4.23. The molecule has 1 atom stereocenters. The van der Waals surface area contributed by atoms with E-state index in [0.29, 0.717) is 11.0 Å². The van der Waals surface area contributed by atoms with Gasteiger partial charge in [-0.3, -0.25) is 14.9 Å². The Morgan fingerprint density at radius 1 is 1.45 bits per heavy atom. The predicted molar refractivity (Wildman–Crippen MR) is 85.4 cm³/mol. The van der Waals surface area contributed by atoms with E-state index in [0.717, 1.165) is 22.5 Å². The molecule has 2 aromatic rings. The van der Waals surface area contributed by atoms with Crippen molar-refractivity contribution < 1.29 is 4.79 Å². The van der Waals surface area contributed by atoms with E-state index in [1.54, 1.807) is 0 Å². The van der Waals surface area contributed by atoms with Gasteiger partial charge in [0.1, 0.15) is 16.7 Å². The summed E-state index contributed by atoms with van der Waals surface area (Å²) < 4.78 is 0.999. The zero-order chi connectivity index (χ0) is 16.1. The highest BCUT2D eigenvalue weighted by molar-refractivity contribution is 7.15. The van der Waals surface area contributed by atoms with Crippen LogP contribution in [0.2, 0.25) is 5.15 Å². The lowest BCUT2D eigenvalue weighted by Crippen LogP contribution is -2.29. The van der Waals surface area contributed by atoms with Gasteiger partial charge in [-0.25, -0.2) is 4.68 Å². The van der Waals surface area contributed by atoms with Crippen LogP contribution >= 0.6 is 22.9 Å². The first-order valence-electron chi connectivity index (χ1n) is 6.86. The summed E-state index contributed by atoms with van der Waals surface area (Å²) in [6.45, 7) is 3.96. The Hall–Kier alpha value is -1.80. The van der Waals surface area contributed by atoms with E-state index in [-0.39, 0.29) is 11.7 Å². The van der Waals surface area contributed by atoms with Crippen LogP contribution in [0.5, 0.6) is 0 Å². The van der Waals surface area contributed by atoms with Crippen LogP contribution < -0.4 is 10.9 Å². The van der Waals surface area contributed by atoms with Gasteiger partial charge in [-0.05, 0) is 12.5 Å². The summed E-state index contributed by atoms with van der Waals surface area (Å²) in [7, 11) is 0. The molecule has 2 aromatic heterocycles. The number of anilines is 1. The summed E-state index contributed by atoms with van der Waals surface area (Å²) in [5.41, 5.74) is -0.394. The normalized spacial score (nSPS) is 12.1. The number of hydrogen-bond donors (Lipinski definition) is 1. The largest absolute Gasteiger partial charge is 0.299 e. The summed E-state index contributed by atoms with van der Waals surface area (Å²) in [5.74, 6) is -0.0897. The van der Waals surface area contributed by atoms with E-state index in [1.807, 2.05) is 0 Å². The molecule has 2 rings (SSSR count). The Morgan fingerprint density at radius 3 is 2.95 bits per heavy atom. The minimum Gasteiger partial charge on any atom is -0.299 e. The summed E-state index contributed by atoms with van der Waals surface area (Å²) in [6.07, 6.45) is 2.08. The topological polar surface area (TPSA) is 89.8 Å². The van der Waals surface area contributed by atoms with Crippen molar-refractivity contribution in [2.75, 3.05) is 5.32 Å². The predicted octanol–water partition coefficient (Wildman–Crippen LogP) is 2.29. The first-order chi connectivity index (χ1) is 10.5. The molecule has 0 spiro atoms. The second-order valence-electron chi connectivity index (χ2n) is 4.84. The van der Waals surface area contributed by atoms with Gasteiger partial charge in [-0.15, -0.1) is 10.2 Å². The van der Waals surface area contributed by atoms with Crippen molar-refractivity contribution in [1.29, 1.82) is 0 Å². The molecule has 2 heterocycles. The molecule has 0 aliphatic heterocycles. The quantitative estimate of drug-likeness (QED) is 0.870. The Balaban J connectivity index is 2.00. The Morgan fingerprint density at radius 2 is 2.23 bits per heavy atom. The van der Waals surface area contributed by atoms with Crippen molar-refractivity contribution in [3.05, 3.63) is 32.6 Å². The summed E-state index contributed by atoms with van der Waals surface area (Å²) in [6, 6.07) is 2.64. The molecular formula is C13H16ClN5O2S. The first kappa shape index (κ1) is 16.6. The number of amides is 1. The smallest absolute Gasteiger partial charge is 0.267 e. The molecule has 0 saturated heterocycles. The van der Waals surface area contributed by atoms with Crippen LogP contribution in [-0.2, 0) is 11.3 Å². The highest BCUT2D eigenvalue weighted by Crippen LogP contribution is 2.26. The minimum atomic E-state index is -0.400. The van der Waals surface area contributed by atoms with E-state index < -0.39 is 11.5 Å². The fourth-order valence-electron chi connectivity index (χ4n) is 1.87. The Kier molecular flexibility index (Phi) is 5.62. The summed E-state index contributed by atoms with van der Waals surface area (Å²) in [5, 5.41) is 15.9. The van der Waals surface area contributed by atoms with Gasteiger partial charge in [0.2, 0.25) is 11.0 Å². The molecule has 1 amide bonds. The number of rotatable bonds is 6. The van der Waals surface area contributed by atoms with E-state index in [4.69, 9.17) is 11.6 Å². The lowest BCUT2D eigenvalue weighted by molar-refractivity contribution is -0.117. The molecule has 1 N–H and O–H groups in total. The van der Waals surface area contributed by atoms with Crippen LogP contribution in [0.4, 0.5) is 5.13 Å². The number of halogens is 1. The van der Waals surface area contributed by atoms with Crippen molar-refractivity contribution in [1.82, 2.24) is 20.0 Å². The fraction of sp³-hybridized carbons (Fsp3) is 0.462. The van der Waals surface area contributed by atoms with Crippen LogP contribution in [0.3, 0.4) is 0 Å². The van der Waals surface area contributed by atoms with Gasteiger partial charge in [0, 0.05) is 12.0 Å². The maximum atomic E-state index is 11.9. The molecule has 9 heteroatoms. The van der Waals surface area contributed by atoms with Gasteiger partial charge in [-0.2, -0.15) is 5.10 Å². The third-order valence-electron chi connectivity index (χ3n) is 2.96. The van der Waals surface area contributed by atoms with Crippen molar-refractivity contribution in [3.8, 4) is 0 Å². The molecule has 22 heavy (non-hydrogen) atoms. The highest BCUT2D eigenvalue weighted by atomic mass is 35.5. The van der Waals surface area contributed by atoms with Crippen molar-refractivity contribution in [3.63, 3.8) is 0 Å². The Bertz CT molecular complexity index is 714. The minimum absolute atomic E-state index is 0.152. The molecule has 0 bridgehead atoms. The van der Waals surface area contributed by atoms with Crippen LogP contribution in [0, 0.1) is 0 Å². The first-order valence-corrected chi connectivity index (χ1v) is 8.06. The van der Waals surface area contributed by atoms with Crippen LogP contribution in [-0.4, -0.2) is 25.9 Å². The van der Waals surface area contributed by atoms with Gasteiger partial charge in [-0.1, -0.05) is 43.2 Å². The highest BCUT2D eigenvalue weighted by Gasteiger charge is 2.14. The SMILES string of the molecule is CCC[C@H](C)c1nnc(NC(=O)Cn2nc(Cl)ccc2=O)s1. The number of carbonyl (C=O) groups is 1. The molecule has 0 unspecified atom stereocenters. The molecule has 0 saturated carbocycles. The van der Waals surface area contributed by atoms with Gasteiger partial charge in [0.05, 0.1) is 0 Å². The van der Waals surface area contributed by atoms with Crippen LogP contribution in [0.25, 0.3) is 0 Å². The van der Waals surface area contributed by atoms with Gasteiger partial charge >= 0.3 is 0 Å². The molecule has 0 aromatic carbocycles. The molecule has 7 nitrogen and oxygen atoms in total. The second kappa shape index (κ2) is 7.46. The van der Waals surface area contributed by atoms with E-state index in [9.17, 15) is 9.59 Å². The summed E-state index contributed by atoms with van der Waals surface area (Å²) in [4.78, 5) is 23.5. The lowest BCUT2D eigenvalue weighted by Gasteiger charge is -2.04. The molecule has 0 aliphatic carbocycles. The van der Waals surface area contributed by atoms with E-state index in [2.05, 4.69) is 34.5 Å². The fourth-order valence-corrected chi connectivity index (χ4v) is 2.87.